The number of aryl methyl sites for hydroxylation is 2. The zero-order valence-electron chi connectivity index (χ0n) is 12.4. The topological polar surface area (TPSA) is 41.5 Å². The minimum Gasteiger partial charge on any atom is -0.508 e. The molecule has 0 amide bonds. The summed E-state index contributed by atoms with van der Waals surface area (Å²) in [6.07, 6.45) is 0. The third kappa shape index (κ3) is 3.05. The Labute approximate surface area is 120 Å². The van der Waals surface area contributed by atoms with Gasteiger partial charge in [-0.3, -0.25) is 0 Å². The first kappa shape index (κ1) is 14.3. The molecular weight excluding hydrogens is 250 g/mol. The summed E-state index contributed by atoms with van der Waals surface area (Å²) in [5.74, 6) is 1.17. The lowest BCUT2D eigenvalue weighted by atomic mass is 10.0. The highest BCUT2D eigenvalue weighted by atomic mass is 16.5. The number of ether oxygens (including phenoxy) is 1. The van der Waals surface area contributed by atoms with Crippen LogP contribution in [0.3, 0.4) is 0 Å². The van der Waals surface area contributed by atoms with Crippen molar-refractivity contribution in [1.29, 1.82) is 0 Å². The Kier molecular flexibility index (Phi) is 4.18. The first-order valence-corrected chi connectivity index (χ1v) is 6.72. The molecular formula is C17H21NO2. The zero-order valence-corrected chi connectivity index (χ0v) is 12.4. The second kappa shape index (κ2) is 5.87. The first-order valence-electron chi connectivity index (χ1n) is 6.72. The van der Waals surface area contributed by atoms with E-state index in [1.807, 2.05) is 25.1 Å². The van der Waals surface area contributed by atoms with Crippen molar-refractivity contribution < 1.29 is 9.84 Å². The van der Waals surface area contributed by atoms with Crippen LogP contribution >= 0.6 is 0 Å². The molecule has 0 aliphatic heterocycles. The van der Waals surface area contributed by atoms with Crippen LogP contribution in [0, 0.1) is 13.8 Å². The number of hydrogen-bond acceptors (Lipinski definition) is 3. The number of phenols is 1. The summed E-state index contributed by atoms with van der Waals surface area (Å²) in [5.41, 5.74) is 4.36. The van der Waals surface area contributed by atoms with E-state index in [4.69, 9.17) is 4.74 Å². The van der Waals surface area contributed by atoms with Crippen molar-refractivity contribution in [2.24, 2.45) is 0 Å². The fraction of sp³-hybridized carbons (Fsp3) is 0.294. The molecule has 1 atom stereocenters. The first-order chi connectivity index (χ1) is 9.51. The molecule has 3 nitrogen and oxygen atoms in total. The third-order valence-electron chi connectivity index (χ3n) is 3.43. The number of nitrogens with one attached hydrogen (secondary N) is 1. The Balaban J connectivity index is 2.27. The van der Waals surface area contributed by atoms with Crippen LogP contribution < -0.4 is 10.1 Å². The molecule has 0 radical (unpaired) electrons. The largest absolute Gasteiger partial charge is 0.508 e. The molecule has 0 spiro atoms. The van der Waals surface area contributed by atoms with E-state index in [1.165, 1.54) is 5.56 Å². The van der Waals surface area contributed by atoms with Gasteiger partial charge in [0.15, 0.2) is 0 Å². The van der Waals surface area contributed by atoms with E-state index in [1.54, 1.807) is 19.2 Å². The van der Waals surface area contributed by atoms with Crippen LogP contribution in [0.1, 0.15) is 29.7 Å². The fourth-order valence-electron chi connectivity index (χ4n) is 2.31. The van der Waals surface area contributed by atoms with Crippen molar-refractivity contribution in [1.82, 2.24) is 0 Å². The number of rotatable bonds is 4. The average Bonchev–Trinajstić information content (AvgIpc) is 2.41. The van der Waals surface area contributed by atoms with E-state index >= 15 is 0 Å². The Morgan fingerprint density at radius 2 is 1.85 bits per heavy atom. The standard InChI is InChI=1S/C17H21NO2/c1-11-5-8-17(20-4)15(9-11)13(3)18-16-7-6-14(19)10-12(16)2/h5-10,13,18-19H,1-4H3. The highest BCUT2D eigenvalue weighted by Gasteiger charge is 2.12. The van der Waals surface area contributed by atoms with Crippen LogP contribution in [-0.2, 0) is 0 Å². The number of methoxy groups -OCH3 is 1. The van der Waals surface area contributed by atoms with Gasteiger partial charge in [0.1, 0.15) is 11.5 Å². The van der Waals surface area contributed by atoms with E-state index in [2.05, 4.69) is 25.2 Å². The molecule has 2 aromatic carbocycles. The van der Waals surface area contributed by atoms with Crippen LogP contribution in [0.2, 0.25) is 0 Å². The summed E-state index contributed by atoms with van der Waals surface area (Å²) in [4.78, 5) is 0. The molecule has 2 aromatic rings. The van der Waals surface area contributed by atoms with Gasteiger partial charge in [-0.1, -0.05) is 17.7 Å². The predicted octanol–water partition coefficient (Wildman–Crippen LogP) is 4.19. The predicted molar refractivity (Wildman–Crippen MR) is 82.6 cm³/mol. The maximum Gasteiger partial charge on any atom is 0.124 e. The highest BCUT2D eigenvalue weighted by molar-refractivity contribution is 5.55. The smallest absolute Gasteiger partial charge is 0.124 e. The van der Waals surface area contributed by atoms with Crippen molar-refractivity contribution in [2.45, 2.75) is 26.8 Å². The Morgan fingerprint density at radius 3 is 2.50 bits per heavy atom. The lowest BCUT2D eigenvalue weighted by molar-refractivity contribution is 0.408. The Bertz CT molecular complexity index is 608. The molecule has 2 rings (SSSR count). The summed E-state index contributed by atoms with van der Waals surface area (Å²) in [6.45, 7) is 6.15. The lowest BCUT2D eigenvalue weighted by Crippen LogP contribution is -2.09. The molecule has 0 saturated carbocycles. The molecule has 0 aromatic heterocycles. The van der Waals surface area contributed by atoms with Crippen LogP contribution in [0.5, 0.6) is 11.5 Å². The maximum absolute atomic E-state index is 9.46. The SMILES string of the molecule is COc1ccc(C)cc1C(C)Nc1ccc(O)cc1C. The van der Waals surface area contributed by atoms with Crippen molar-refractivity contribution >= 4 is 5.69 Å². The summed E-state index contributed by atoms with van der Waals surface area (Å²) in [7, 11) is 1.69. The molecule has 0 bridgehead atoms. The van der Waals surface area contributed by atoms with E-state index in [-0.39, 0.29) is 11.8 Å². The van der Waals surface area contributed by atoms with Crippen molar-refractivity contribution in [3.05, 3.63) is 53.1 Å². The van der Waals surface area contributed by atoms with Gasteiger partial charge in [0.2, 0.25) is 0 Å². The van der Waals surface area contributed by atoms with E-state index in [9.17, 15) is 5.11 Å². The molecule has 2 N–H and O–H groups in total. The van der Waals surface area contributed by atoms with E-state index < -0.39 is 0 Å². The highest BCUT2D eigenvalue weighted by Crippen LogP contribution is 2.30. The number of aromatic hydroxyl groups is 1. The zero-order chi connectivity index (χ0) is 14.7. The minimum absolute atomic E-state index is 0.119. The van der Waals surface area contributed by atoms with E-state index in [0.717, 1.165) is 22.6 Å². The van der Waals surface area contributed by atoms with Gasteiger partial charge < -0.3 is 15.2 Å². The van der Waals surface area contributed by atoms with Crippen molar-refractivity contribution in [2.75, 3.05) is 12.4 Å². The summed E-state index contributed by atoms with van der Waals surface area (Å²) in [5, 5.41) is 12.9. The third-order valence-corrected chi connectivity index (χ3v) is 3.43. The lowest BCUT2D eigenvalue weighted by Gasteiger charge is -2.20. The molecule has 20 heavy (non-hydrogen) atoms. The molecule has 0 aliphatic carbocycles. The molecule has 106 valence electrons. The van der Waals surface area contributed by atoms with Crippen LogP contribution in [0.25, 0.3) is 0 Å². The number of phenolic OH excluding ortho intramolecular Hbond substituents is 1. The molecule has 3 heteroatoms. The van der Waals surface area contributed by atoms with Gasteiger partial charge in [-0.05, 0) is 50.6 Å². The quantitative estimate of drug-likeness (QED) is 0.819. The normalized spacial score (nSPS) is 12.0. The van der Waals surface area contributed by atoms with Gasteiger partial charge in [-0.25, -0.2) is 0 Å². The maximum atomic E-state index is 9.46. The van der Waals surface area contributed by atoms with Crippen LogP contribution in [0.4, 0.5) is 5.69 Å². The average molecular weight is 271 g/mol. The second-order valence-electron chi connectivity index (χ2n) is 5.11. The minimum atomic E-state index is 0.119. The van der Waals surface area contributed by atoms with Crippen molar-refractivity contribution in [3.8, 4) is 11.5 Å². The Hall–Kier alpha value is -2.16. The molecule has 0 saturated heterocycles. The van der Waals surface area contributed by atoms with Gasteiger partial charge in [-0.15, -0.1) is 0 Å². The van der Waals surface area contributed by atoms with Crippen LogP contribution in [0.15, 0.2) is 36.4 Å². The molecule has 1 unspecified atom stereocenters. The monoisotopic (exact) mass is 271 g/mol. The number of anilines is 1. The van der Waals surface area contributed by atoms with Gasteiger partial charge in [0, 0.05) is 11.3 Å². The van der Waals surface area contributed by atoms with Gasteiger partial charge >= 0.3 is 0 Å². The Morgan fingerprint density at radius 1 is 1.10 bits per heavy atom. The van der Waals surface area contributed by atoms with Crippen molar-refractivity contribution in [3.63, 3.8) is 0 Å². The van der Waals surface area contributed by atoms with Crippen LogP contribution in [-0.4, -0.2) is 12.2 Å². The molecule has 0 heterocycles. The molecule has 0 fully saturated rings. The number of benzene rings is 2. The van der Waals surface area contributed by atoms with Gasteiger partial charge in [0.05, 0.1) is 13.2 Å². The fourth-order valence-corrected chi connectivity index (χ4v) is 2.31. The molecule has 0 aliphatic rings. The summed E-state index contributed by atoms with van der Waals surface area (Å²) in [6, 6.07) is 11.6. The summed E-state index contributed by atoms with van der Waals surface area (Å²) < 4.78 is 5.43. The van der Waals surface area contributed by atoms with E-state index in [0.29, 0.717) is 0 Å². The van der Waals surface area contributed by atoms with Gasteiger partial charge in [-0.2, -0.15) is 0 Å². The van der Waals surface area contributed by atoms with Gasteiger partial charge in [0.25, 0.3) is 0 Å². The number of hydrogen-bond donors (Lipinski definition) is 2. The second-order valence-corrected chi connectivity index (χ2v) is 5.11. The summed E-state index contributed by atoms with van der Waals surface area (Å²) >= 11 is 0.